The summed E-state index contributed by atoms with van der Waals surface area (Å²) in [7, 11) is 1.66. The first kappa shape index (κ1) is 13.2. The zero-order chi connectivity index (χ0) is 14.1. The molecular formula is C18H20O2. The van der Waals surface area contributed by atoms with Crippen LogP contribution in [-0.2, 0) is 6.42 Å². The van der Waals surface area contributed by atoms with Crippen molar-refractivity contribution in [2.24, 2.45) is 0 Å². The number of hydrogen-bond donors (Lipinski definition) is 1. The lowest BCUT2D eigenvalue weighted by Crippen LogP contribution is -2.19. The molecule has 1 aliphatic rings. The number of methoxy groups -OCH3 is 1. The van der Waals surface area contributed by atoms with Gasteiger partial charge in [-0.3, -0.25) is 0 Å². The van der Waals surface area contributed by atoms with Crippen LogP contribution in [0.5, 0.6) is 5.75 Å². The fraction of sp³-hybridized carbons (Fsp3) is 0.333. The zero-order valence-electron chi connectivity index (χ0n) is 12.0. The molecular weight excluding hydrogens is 248 g/mol. The van der Waals surface area contributed by atoms with Crippen molar-refractivity contribution < 1.29 is 9.84 Å². The van der Waals surface area contributed by atoms with Gasteiger partial charge in [-0.25, -0.2) is 0 Å². The maximum Gasteiger partial charge on any atom is 0.124 e. The highest BCUT2D eigenvalue weighted by Crippen LogP contribution is 2.42. The molecule has 2 aromatic rings. The number of aliphatic hydroxyl groups excluding tert-OH is 1. The SMILES string of the molecule is COc1cc(C)ccc1C(O)CC1Cc2ccccc21. The van der Waals surface area contributed by atoms with Crippen LogP contribution in [0.3, 0.4) is 0 Å². The molecule has 0 aromatic heterocycles. The molecule has 0 heterocycles. The number of benzene rings is 2. The number of aliphatic hydroxyl groups is 1. The Hall–Kier alpha value is -1.80. The van der Waals surface area contributed by atoms with Crippen LogP contribution in [-0.4, -0.2) is 12.2 Å². The normalized spacial score (nSPS) is 18.1. The van der Waals surface area contributed by atoms with Crippen LogP contribution < -0.4 is 4.74 Å². The predicted molar refractivity (Wildman–Crippen MR) is 80.2 cm³/mol. The Bertz CT molecular complexity index is 619. The predicted octanol–water partition coefficient (Wildman–Crippen LogP) is 3.77. The minimum Gasteiger partial charge on any atom is -0.496 e. The lowest BCUT2D eigenvalue weighted by Gasteiger charge is -2.32. The molecule has 1 N–H and O–H groups in total. The van der Waals surface area contributed by atoms with E-state index in [4.69, 9.17) is 4.74 Å². The van der Waals surface area contributed by atoms with Crippen molar-refractivity contribution >= 4 is 0 Å². The Kier molecular flexibility index (Phi) is 3.49. The Morgan fingerprint density at radius 3 is 2.80 bits per heavy atom. The van der Waals surface area contributed by atoms with Crippen LogP contribution >= 0.6 is 0 Å². The van der Waals surface area contributed by atoms with Crippen molar-refractivity contribution in [3.05, 3.63) is 64.7 Å². The first-order valence-electron chi connectivity index (χ1n) is 7.09. The summed E-state index contributed by atoms with van der Waals surface area (Å²) in [4.78, 5) is 0. The summed E-state index contributed by atoms with van der Waals surface area (Å²) in [5.74, 6) is 1.25. The third kappa shape index (κ3) is 2.32. The van der Waals surface area contributed by atoms with Gasteiger partial charge in [0.2, 0.25) is 0 Å². The number of aryl methyl sites for hydroxylation is 1. The Labute approximate surface area is 120 Å². The minimum absolute atomic E-state index is 0.465. The van der Waals surface area contributed by atoms with E-state index in [1.54, 1.807) is 7.11 Å². The van der Waals surface area contributed by atoms with Crippen molar-refractivity contribution in [2.45, 2.75) is 31.8 Å². The molecule has 0 saturated heterocycles. The lowest BCUT2D eigenvalue weighted by molar-refractivity contribution is 0.150. The van der Waals surface area contributed by atoms with E-state index in [-0.39, 0.29) is 0 Å². The maximum atomic E-state index is 10.5. The van der Waals surface area contributed by atoms with E-state index in [0.29, 0.717) is 5.92 Å². The van der Waals surface area contributed by atoms with Gasteiger partial charge in [0.1, 0.15) is 5.75 Å². The topological polar surface area (TPSA) is 29.5 Å². The van der Waals surface area contributed by atoms with Crippen molar-refractivity contribution in [1.82, 2.24) is 0 Å². The fourth-order valence-corrected chi connectivity index (χ4v) is 3.06. The Morgan fingerprint density at radius 1 is 1.25 bits per heavy atom. The van der Waals surface area contributed by atoms with Crippen LogP contribution in [0, 0.1) is 6.92 Å². The van der Waals surface area contributed by atoms with Crippen LogP contribution in [0.1, 0.15) is 40.7 Å². The highest BCUT2D eigenvalue weighted by Gasteiger charge is 2.28. The summed E-state index contributed by atoms with van der Waals surface area (Å²) >= 11 is 0. The molecule has 0 bridgehead atoms. The van der Waals surface area contributed by atoms with Gasteiger partial charge in [-0.05, 0) is 48.4 Å². The summed E-state index contributed by atoms with van der Waals surface area (Å²) in [6.45, 7) is 2.03. The summed E-state index contributed by atoms with van der Waals surface area (Å²) in [5.41, 5.74) is 4.84. The Morgan fingerprint density at radius 2 is 2.05 bits per heavy atom. The molecule has 0 saturated carbocycles. The van der Waals surface area contributed by atoms with Gasteiger partial charge in [0.15, 0.2) is 0 Å². The third-order valence-electron chi connectivity index (χ3n) is 4.22. The largest absolute Gasteiger partial charge is 0.496 e. The first-order chi connectivity index (χ1) is 9.69. The molecule has 0 amide bonds. The van der Waals surface area contributed by atoms with Gasteiger partial charge in [-0.1, -0.05) is 36.4 Å². The molecule has 2 nitrogen and oxygen atoms in total. The summed E-state index contributed by atoms with van der Waals surface area (Å²) in [5, 5.41) is 10.5. The van der Waals surface area contributed by atoms with E-state index in [1.807, 2.05) is 25.1 Å². The molecule has 20 heavy (non-hydrogen) atoms. The molecule has 2 atom stereocenters. The number of ether oxygens (including phenoxy) is 1. The quantitative estimate of drug-likeness (QED) is 0.914. The number of rotatable bonds is 4. The second kappa shape index (κ2) is 5.29. The van der Waals surface area contributed by atoms with Gasteiger partial charge in [0.05, 0.1) is 13.2 Å². The van der Waals surface area contributed by atoms with Crippen molar-refractivity contribution in [3.63, 3.8) is 0 Å². The van der Waals surface area contributed by atoms with Gasteiger partial charge in [-0.15, -0.1) is 0 Å². The molecule has 0 aliphatic heterocycles. The molecule has 104 valence electrons. The highest BCUT2D eigenvalue weighted by atomic mass is 16.5. The standard InChI is InChI=1S/C18H20O2/c1-12-7-8-16(18(9-12)20-2)17(19)11-14-10-13-5-3-4-6-15(13)14/h3-9,14,17,19H,10-11H2,1-2H3. The smallest absolute Gasteiger partial charge is 0.124 e. The molecule has 0 spiro atoms. The lowest BCUT2D eigenvalue weighted by atomic mass is 9.74. The monoisotopic (exact) mass is 268 g/mol. The van der Waals surface area contributed by atoms with Gasteiger partial charge in [0, 0.05) is 5.56 Å². The molecule has 0 fully saturated rings. The van der Waals surface area contributed by atoms with Crippen molar-refractivity contribution in [1.29, 1.82) is 0 Å². The second-order valence-electron chi connectivity index (χ2n) is 5.60. The van der Waals surface area contributed by atoms with Crippen LogP contribution in [0.25, 0.3) is 0 Å². The van der Waals surface area contributed by atoms with E-state index in [9.17, 15) is 5.11 Å². The highest BCUT2D eigenvalue weighted by molar-refractivity contribution is 5.42. The van der Waals surface area contributed by atoms with Crippen molar-refractivity contribution in [2.75, 3.05) is 7.11 Å². The van der Waals surface area contributed by atoms with Crippen LogP contribution in [0.2, 0.25) is 0 Å². The average Bonchev–Trinajstić information content (AvgIpc) is 2.44. The van der Waals surface area contributed by atoms with E-state index in [1.165, 1.54) is 11.1 Å². The molecule has 2 heteroatoms. The van der Waals surface area contributed by atoms with Gasteiger partial charge < -0.3 is 9.84 Å². The molecule has 2 unspecified atom stereocenters. The van der Waals surface area contributed by atoms with Gasteiger partial charge in [0.25, 0.3) is 0 Å². The maximum absolute atomic E-state index is 10.5. The fourth-order valence-electron chi connectivity index (χ4n) is 3.06. The van der Waals surface area contributed by atoms with E-state index >= 15 is 0 Å². The molecule has 2 aromatic carbocycles. The number of fused-ring (bicyclic) bond motifs is 1. The third-order valence-corrected chi connectivity index (χ3v) is 4.22. The first-order valence-corrected chi connectivity index (χ1v) is 7.09. The van der Waals surface area contributed by atoms with E-state index in [0.717, 1.165) is 29.7 Å². The summed E-state index contributed by atoms with van der Waals surface area (Å²) < 4.78 is 5.39. The molecule has 3 rings (SSSR count). The van der Waals surface area contributed by atoms with Crippen molar-refractivity contribution in [3.8, 4) is 5.75 Å². The Balaban J connectivity index is 1.76. The van der Waals surface area contributed by atoms with E-state index in [2.05, 4.69) is 24.3 Å². The minimum atomic E-state index is -0.469. The number of hydrogen-bond acceptors (Lipinski definition) is 2. The zero-order valence-corrected chi connectivity index (χ0v) is 12.0. The van der Waals surface area contributed by atoms with E-state index < -0.39 is 6.10 Å². The van der Waals surface area contributed by atoms with Crippen LogP contribution in [0.4, 0.5) is 0 Å². The van der Waals surface area contributed by atoms with Gasteiger partial charge >= 0.3 is 0 Å². The van der Waals surface area contributed by atoms with Gasteiger partial charge in [-0.2, -0.15) is 0 Å². The summed E-state index contributed by atoms with van der Waals surface area (Å²) in [6.07, 6.45) is 1.36. The average molecular weight is 268 g/mol. The summed E-state index contributed by atoms with van der Waals surface area (Å²) in [6, 6.07) is 14.5. The molecule has 0 radical (unpaired) electrons. The molecule has 1 aliphatic carbocycles. The second-order valence-corrected chi connectivity index (χ2v) is 5.60. The van der Waals surface area contributed by atoms with Crippen LogP contribution in [0.15, 0.2) is 42.5 Å².